The highest BCUT2D eigenvalue weighted by Gasteiger charge is 2.33. The van der Waals surface area contributed by atoms with Crippen molar-refractivity contribution in [3.05, 3.63) is 63.7 Å². The van der Waals surface area contributed by atoms with E-state index in [1.165, 1.54) is 23.5 Å². The maximum absolute atomic E-state index is 12.9. The van der Waals surface area contributed by atoms with Gasteiger partial charge in [-0.15, -0.1) is 11.3 Å². The summed E-state index contributed by atoms with van der Waals surface area (Å²) in [4.78, 5) is 17.8. The molecule has 0 radical (unpaired) electrons. The van der Waals surface area contributed by atoms with Crippen LogP contribution < -0.4 is 9.47 Å². The van der Waals surface area contributed by atoms with Gasteiger partial charge in [-0.2, -0.15) is 13.2 Å². The minimum absolute atomic E-state index is 0.270. The van der Waals surface area contributed by atoms with Crippen LogP contribution in [0.15, 0.2) is 36.4 Å². The first kappa shape index (κ1) is 28.5. The molecule has 0 saturated carbocycles. The Balaban J connectivity index is 1.83. The van der Waals surface area contributed by atoms with Gasteiger partial charge in [-0.25, -0.2) is 9.78 Å². The van der Waals surface area contributed by atoms with Crippen molar-refractivity contribution in [3.63, 3.8) is 0 Å². The third-order valence-electron chi connectivity index (χ3n) is 6.04. The predicted octanol–water partition coefficient (Wildman–Crippen LogP) is 8.00. The van der Waals surface area contributed by atoms with Gasteiger partial charge in [0, 0.05) is 5.56 Å². The molecule has 0 N–H and O–H groups in total. The molecule has 0 fully saturated rings. The first-order valence-electron chi connectivity index (χ1n) is 12.1. The van der Waals surface area contributed by atoms with Crippen LogP contribution in [0.3, 0.4) is 0 Å². The molecule has 1 atom stereocenters. The highest BCUT2D eigenvalue weighted by molar-refractivity contribution is 7.15. The van der Waals surface area contributed by atoms with Crippen molar-refractivity contribution in [2.45, 2.75) is 72.8 Å². The van der Waals surface area contributed by atoms with E-state index in [-0.39, 0.29) is 12.7 Å². The number of esters is 1. The second kappa shape index (κ2) is 11.1. The van der Waals surface area contributed by atoms with Crippen LogP contribution >= 0.6 is 11.3 Å². The Labute approximate surface area is 219 Å². The number of ether oxygens (including phenoxy) is 3. The number of alkyl halides is 3. The minimum Gasteiger partial charge on any atom is -0.485 e. The Morgan fingerprint density at radius 1 is 0.973 bits per heavy atom. The zero-order chi connectivity index (χ0) is 27.5. The number of aromatic nitrogens is 1. The van der Waals surface area contributed by atoms with Crippen molar-refractivity contribution in [2.75, 3.05) is 6.61 Å². The van der Waals surface area contributed by atoms with Crippen molar-refractivity contribution < 1.29 is 32.2 Å². The van der Waals surface area contributed by atoms with E-state index in [2.05, 4.69) is 4.98 Å². The average Bonchev–Trinajstić information content (AvgIpc) is 3.22. The lowest BCUT2D eigenvalue weighted by Gasteiger charge is -2.26. The molecular formula is C28H32F3NO4S. The van der Waals surface area contributed by atoms with E-state index in [1.54, 1.807) is 26.8 Å². The molecule has 9 heteroatoms. The fraction of sp³-hybridized carbons (Fsp3) is 0.429. The minimum atomic E-state index is -4.38. The van der Waals surface area contributed by atoms with Crippen LogP contribution in [0.2, 0.25) is 0 Å². The van der Waals surface area contributed by atoms with Crippen LogP contribution in [-0.2, 0) is 15.7 Å². The number of carbonyl (C=O) groups is 1. The SMILES string of the molecule is CCOC(=O)C(C)(C)Oc1ccc(OC(CC)c2sc(-c3ccc(C(F)(F)F)cc3)nc2C)c(C)c1C. The topological polar surface area (TPSA) is 57.7 Å². The predicted molar refractivity (Wildman–Crippen MR) is 138 cm³/mol. The molecular weight excluding hydrogens is 503 g/mol. The van der Waals surface area contributed by atoms with Crippen LogP contribution in [0.4, 0.5) is 13.2 Å². The normalized spacial score (nSPS) is 12.8. The van der Waals surface area contributed by atoms with Crippen LogP contribution in [0.1, 0.15) is 67.5 Å². The van der Waals surface area contributed by atoms with Gasteiger partial charge in [-0.05, 0) is 83.4 Å². The highest BCUT2D eigenvalue weighted by atomic mass is 32.1. The number of hydrogen-bond acceptors (Lipinski definition) is 6. The summed E-state index contributed by atoms with van der Waals surface area (Å²) < 4.78 is 56.3. The number of carbonyl (C=O) groups excluding carboxylic acids is 1. The molecule has 3 aromatic rings. The van der Waals surface area contributed by atoms with Crippen LogP contribution in [0.5, 0.6) is 11.5 Å². The Bertz CT molecular complexity index is 1250. The van der Waals surface area contributed by atoms with Gasteiger partial charge in [0.25, 0.3) is 0 Å². The Kier molecular flexibility index (Phi) is 8.57. The van der Waals surface area contributed by atoms with Crippen molar-refractivity contribution in [3.8, 4) is 22.1 Å². The number of benzene rings is 2. The van der Waals surface area contributed by atoms with E-state index in [1.807, 2.05) is 33.8 Å². The summed E-state index contributed by atoms with van der Waals surface area (Å²) in [6.07, 6.45) is -4.00. The van der Waals surface area contributed by atoms with Gasteiger partial charge in [-0.3, -0.25) is 0 Å². The molecule has 0 saturated heterocycles. The lowest BCUT2D eigenvalue weighted by Crippen LogP contribution is -2.40. The number of thiazole rings is 1. The number of aryl methyl sites for hydroxylation is 1. The average molecular weight is 536 g/mol. The highest BCUT2D eigenvalue weighted by Crippen LogP contribution is 2.39. The zero-order valence-corrected chi connectivity index (χ0v) is 22.9. The van der Waals surface area contributed by atoms with Crippen LogP contribution in [0, 0.1) is 20.8 Å². The number of hydrogen-bond donors (Lipinski definition) is 0. The third kappa shape index (κ3) is 6.44. The molecule has 0 spiro atoms. The number of halogens is 3. The van der Waals surface area contributed by atoms with Gasteiger partial charge >= 0.3 is 12.1 Å². The first-order valence-corrected chi connectivity index (χ1v) is 12.9. The molecule has 37 heavy (non-hydrogen) atoms. The molecule has 5 nitrogen and oxygen atoms in total. The standard InChI is InChI=1S/C28H32F3NO4S/c1-8-21(24-18(5)32-25(37-24)19-10-12-20(13-11-19)28(29,30)31)35-22-14-15-23(17(4)16(22)3)36-27(6,7)26(33)34-9-2/h10-15,21H,8-9H2,1-7H3. The van der Waals surface area contributed by atoms with Crippen molar-refractivity contribution in [1.82, 2.24) is 4.98 Å². The second-order valence-corrected chi connectivity index (χ2v) is 10.2. The Hall–Kier alpha value is -3.07. The van der Waals surface area contributed by atoms with E-state index in [0.29, 0.717) is 28.5 Å². The Morgan fingerprint density at radius 2 is 1.57 bits per heavy atom. The molecule has 0 aliphatic rings. The monoisotopic (exact) mass is 535 g/mol. The van der Waals surface area contributed by atoms with E-state index < -0.39 is 23.3 Å². The van der Waals surface area contributed by atoms with Gasteiger partial charge in [-0.1, -0.05) is 19.1 Å². The molecule has 0 bridgehead atoms. The summed E-state index contributed by atoms with van der Waals surface area (Å²) in [6.45, 7) is 13.1. The molecule has 1 heterocycles. The number of rotatable bonds is 9. The van der Waals surface area contributed by atoms with E-state index >= 15 is 0 Å². The van der Waals surface area contributed by atoms with Crippen molar-refractivity contribution in [2.24, 2.45) is 0 Å². The number of nitrogens with zero attached hydrogens (tertiary/aromatic N) is 1. The molecule has 3 rings (SSSR count). The van der Waals surface area contributed by atoms with Crippen LogP contribution in [0.25, 0.3) is 10.6 Å². The summed E-state index contributed by atoms with van der Waals surface area (Å²) in [5.74, 6) is 0.798. The van der Waals surface area contributed by atoms with E-state index in [9.17, 15) is 18.0 Å². The molecule has 200 valence electrons. The molecule has 0 aliphatic carbocycles. The fourth-order valence-corrected chi connectivity index (χ4v) is 4.92. The summed E-state index contributed by atoms with van der Waals surface area (Å²) >= 11 is 1.41. The molecule has 2 aromatic carbocycles. The van der Waals surface area contributed by atoms with Gasteiger partial charge in [0.1, 0.15) is 22.6 Å². The lowest BCUT2D eigenvalue weighted by molar-refractivity contribution is -0.158. The summed E-state index contributed by atoms with van der Waals surface area (Å²) in [6, 6.07) is 8.61. The summed E-state index contributed by atoms with van der Waals surface area (Å²) in [5, 5.41) is 0.640. The van der Waals surface area contributed by atoms with Gasteiger partial charge < -0.3 is 14.2 Å². The van der Waals surface area contributed by atoms with Gasteiger partial charge in [0.2, 0.25) is 0 Å². The largest absolute Gasteiger partial charge is 0.485 e. The molecule has 1 unspecified atom stereocenters. The zero-order valence-electron chi connectivity index (χ0n) is 22.1. The Morgan fingerprint density at radius 3 is 2.14 bits per heavy atom. The smallest absolute Gasteiger partial charge is 0.416 e. The van der Waals surface area contributed by atoms with E-state index in [4.69, 9.17) is 14.2 Å². The van der Waals surface area contributed by atoms with Crippen LogP contribution in [-0.4, -0.2) is 23.2 Å². The second-order valence-electron chi connectivity index (χ2n) is 9.20. The molecule has 1 aromatic heterocycles. The van der Waals surface area contributed by atoms with Crippen molar-refractivity contribution in [1.29, 1.82) is 0 Å². The first-order chi connectivity index (χ1) is 17.3. The molecule has 0 aliphatic heterocycles. The quantitative estimate of drug-likeness (QED) is 0.260. The third-order valence-corrected chi connectivity index (χ3v) is 7.34. The van der Waals surface area contributed by atoms with Gasteiger partial charge in [0.15, 0.2) is 5.60 Å². The van der Waals surface area contributed by atoms with Crippen molar-refractivity contribution >= 4 is 17.3 Å². The summed E-state index contributed by atoms with van der Waals surface area (Å²) in [7, 11) is 0. The molecule has 0 amide bonds. The lowest BCUT2D eigenvalue weighted by atomic mass is 10.1. The summed E-state index contributed by atoms with van der Waals surface area (Å²) in [5.41, 5.74) is 1.29. The van der Waals surface area contributed by atoms with Gasteiger partial charge in [0.05, 0.1) is 22.7 Å². The fourth-order valence-electron chi connectivity index (χ4n) is 3.74. The van der Waals surface area contributed by atoms with E-state index in [0.717, 1.165) is 33.8 Å². The maximum atomic E-state index is 12.9. The maximum Gasteiger partial charge on any atom is 0.416 e.